The lowest BCUT2D eigenvalue weighted by molar-refractivity contribution is -0.121. The maximum Gasteiger partial charge on any atom is 0.293 e. The zero-order valence-corrected chi connectivity index (χ0v) is 18.0. The number of nitrogens with zero attached hydrogens (tertiary/aromatic N) is 3. The molecule has 2 aromatic rings. The number of nitrogens with one attached hydrogen (secondary N) is 1. The van der Waals surface area contributed by atoms with Crippen molar-refractivity contribution in [2.75, 3.05) is 19.4 Å². The summed E-state index contributed by atoms with van der Waals surface area (Å²) >= 11 is 3.81. The largest absolute Gasteiger partial charge is 0.502 e. The van der Waals surface area contributed by atoms with Crippen LogP contribution in [0.4, 0.5) is 15.1 Å². The molecule has 0 radical (unpaired) electrons. The van der Waals surface area contributed by atoms with Crippen LogP contribution in [0.3, 0.4) is 0 Å². The molecule has 0 saturated carbocycles. The van der Waals surface area contributed by atoms with E-state index >= 15 is 0 Å². The number of rotatable bonds is 5. The van der Waals surface area contributed by atoms with E-state index in [4.69, 9.17) is 4.74 Å². The fraction of sp³-hybridized carbons (Fsp3) is 0.222. The molecule has 1 aliphatic rings. The third-order valence-electron chi connectivity index (χ3n) is 4.12. The maximum atomic E-state index is 14.5. The zero-order chi connectivity index (χ0) is 21.3. The molecule has 0 spiro atoms. The van der Waals surface area contributed by atoms with Crippen LogP contribution in [0.25, 0.3) is 6.08 Å². The number of imide groups is 1. The summed E-state index contributed by atoms with van der Waals surface area (Å²) in [6.07, 6.45) is 3.87. The molecule has 1 aliphatic heterocycles. The summed E-state index contributed by atoms with van der Waals surface area (Å²) < 4.78 is 20.2. The topological polar surface area (TPSA) is 105 Å². The summed E-state index contributed by atoms with van der Waals surface area (Å²) in [5, 5.41) is 12.5. The number of phenols is 1. The number of likely N-dealkylation sites (N-methyl/N-ethyl adjacent to an activating group) is 1. The van der Waals surface area contributed by atoms with Crippen LogP contribution in [0.2, 0.25) is 0 Å². The molecule has 3 rings (SSSR count). The number of halogens is 2. The van der Waals surface area contributed by atoms with Gasteiger partial charge < -0.3 is 15.2 Å². The summed E-state index contributed by atoms with van der Waals surface area (Å²) in [6.45, 7) is 1.69. The number of benzene rings is 1. The number of amides is 2. The maximum absolute atomic E-state index is 14.5. The van der Waals surface area contributed by atoms with E-state index in [9.17, 15) is 19.1 Å². The van der Waals surface area contributed by atoms with E-state index in [-0.39, 0.29) is 20.7 Å². The van der Waals surface area contributed by atoms with Crippen LogP contribution < -0.4 is 10.1 Å². The number of aromatic hydroxyl groups is 1. The van der Waals surface area contributed by atoms with Crippen LogP contribution in [0.1, 0.15) is 24.2 Å². The second-order valence-electron chi connectivity index (χ2n) is 6.03. The lowest BCUT2D eigenvalue weighted by Crippen LogP contribution is -2.22. The van der Waals surface area contributed by atoms with E-state index in [2.05, 4.69) is 31.2 Å². The summed E-state index contributed by atoms with van der Waals surface area (Å²) in [5.74, 6) is -1.81. The van der Waals surface area contributed by atoms with E-state index < -0.39 is 28.8 Å². The Labute approximate surface area is 178 Å². The van der Waals surface area contributed by atoms with E-state index in [1.807, 2.05) is 0 Å². The fourth-order valence-electron chi connectivity index (χ4n) is 2.43. The van der Waals surface area contributed by atoms with Crippen LogP contribution in [-0.4, -0.2) is 45.2 Å². The normalized spacial score (nSPS) is 16.4. The Balaban J connectivity index is 1.93. The highest BCUT2D eigenvalue weighted by atomic mass is 79.9. The average molecular weight is 483 g/mol. The molecule has 8 nitrogen and oxygen atoms in total. The second-order valence-corrected chi connectivity index (χ2v) is 7.82. The van der Waals surface area contributed by atoms with Gasteiger partial charge in [0.05, 0.1) is 9.38 Å². The monoisotopic (exact) mass is 482 g/mol. The van der Waals surface area contributed by atoms with Crippen molar-refractivity contribution >= 4 is 50.9 Å². The number of carbonyl (C=O) groups excluding carboxylic acids is 2. The molecule has 152 valence electrons. The van der Waals surface area contributed by atoms with E-state index in [1.54, 1.807) is 26.4 Å². The van der Waals surface area contributed by atoms with Gasteiger partial charge in [-0.15, -0.1) is 0 Å². The van der Waals surface area contributed by atoms with Gasteiger partial charge in [0, 0.05) is 32.1 Å². The molecule has 0 aliphatic carbocycles. The molecule has 1 unspecified atom stereocenters. The first-order valence-electron chi connectivity index (χ1n) is 8.31. The fourth-order valence-corrected chi connectivity index (χ4v) is 3.66. The zero-order valence-electron chi connectivity index (χ0n) is 15.6. The minimum Gasteiger partial charge on any atom is -0.502 e. The van der Waals surface area contributed by atoms with E-state index in [1.165, 1.54) is 19.2 Å². The quantitative estimate of drug-likeness (QED) is 0.617. The first-order valence-corrected chi connectivity index (χ1v) is 9.92. The summed E-state index contributed by atoms with van der Waals surface area (Å²) in [5.41, 5.74) is 0.851. The van der Waals surface area contributed by atoms with Gasteiger partial charge in [0.1, 0.15) is 6.10 Å². The van der Waals surface area contributed by atoms with Crippen LogP contribution in [0, 0.1) is 5.82 Å². The second kappa shape index (κ2) is 8.37. The molecule has 11 heteroatoms. The van der Waals surface area contributed by atoms with Crippen molar-refractivity contribution in [2.45, 2.75) is 13.0 Å². The first-order chi connectivity index (χ1) is 13.7. The van der Waals surface area contributed by atoms with Crippen LogP contribution in [-0.2, 0) is 4.79 Å². The van der Waals surface area contributed by atoms with Gasteiger partial charge in [0.25, 0.3) is 11.1 Å². The molecule has 1 atom stereocenters. The minimum absolute atomic E-state index is 0.0559. The molecule has 2 heterocycles. The summed E-state index contributed by atoms with van der Waals surface area (Å²) in [7, 11) is 3.05. The molecule has 1 fully saturated rings. The number of anilines is 1. The van der Waals surface area contributed by atoms with Crippen molar-refractivity contribution in [2.24, 2.45) is 0 Å². The Morgan fingerprint density at radius 3 is 2.59 bits per heavy atom. The van der Waals surface area contributed by atoms with Gasteiger partial charge in [0.2, 0.25) is 5.95 Å². The Morgan fingerprint density at radius 2 is 2.03 bits per heavy atom. The molecule has 29 heavy (non-hydrogen) atoms. The Morgan fingerprint density at radius 1 is 1.38 bits per heavy atom. The standard InChI is InChI=1S/C18H16BrFN4O4S/c1-8(10-6-22-17(21-2)23-7-10)28-11-4-9(13(19)14(20)15(11)25)5-12-16(26)24(3)18(27)29-12/h4-8,25H,1-3H3,(H,21,22,23)/b12-5-. The molecular formula is C18H16BrFN4O4S. The van der Waals surface area contributed by atoms with Gasteiger partial charge in [-0.2, -0.15) is 0 Å². The number of ether oxygens (including phenoxy) is 1. The van der Waals surface area contributed by atoms with Crippen molar-refractivity contribution in [3.63, 3.8) is 0 Å². The van der Waals surface area contributed by atoms with Crippen molar-refractivity contribution in [1.82, 2.24) is 14.9 Å². The highest BCUT2D eigenvalue weighted by molar-refractivity contribution is 9.10. The first kappa shape index (κ1) is 21.1. The highest BCUT2D eigenvalue weighted by Gasteiger charge is 2.32. The number of aromatic nitrogens is 2. The third kappa shape index (κ3) is 4.20. The smallest absolute Gasteiger partial charge is 0.293 e. The highest BCUT2D eigenvalue weighted by Crippen LogP contribution is 2.41. The number of hydrogen-bond acceptors (Lipinski definition) is 8. The van der Waals surface area contributed by atoms with Crippen LogP contribution in [0.5, 0.6) is 11.5 Å². The molecule has 1 aromatic carbocycles. The molecule has 2 N–H and O–H groups in total. The minimum atomic E-state index is -0.946. The van der Waals surface area contributed by atoms with Crippen molar-refractivity contribution < 1.29 is 23.8 Å². The van der Waals surface area contributed by atoms with Gasteiger partial charge in [-0.05, 0) is 52.3 Å². The molecule has 1 saturated heterocycles. The van der Waals surface area contributed by atoms with Gasteiger partial charge in [-0.25, -0.2) is 14.4 Å². The Kier molecular flexibility index (Phi) is 6.08. The van der Waals surface area contributed by atoms with Gasteiger partial charge in [-0.1, -0.05) is 0 Å². The van der Waals surface area contributed by atoms with Gasteiger partial charge >= 0.3 is 0 Å². The Bertz CT molecular complexity index is 1020. The molecule has 2 amide bonds. The van der Waals surface area contributed by atoms with Gasteiger partial charge in [0.15, 0.2) is 17.3 Å². The lowest BCUT2D eigenvalue weighted by atomic mass is 10.1. The SMILES string of the molecule is CNc1ncc(C(C)Oc2cc(/C=C3\SC(=O)N(C)C3=O)c(Br)c(F)c2O)cn1. The molecular weight excluding hydrogens is 467 g/mol. The average Bonchev–Trinajstić information content (AvgIpc) is 2.96. The van der Waals surface area contributed by atoms with E-state index in [0.717, 1.165) is 16.7 Å². The number of carbonyl (C=O) groups is 2. The van der Waals surface area contributed by atoms with Crippen LogP contribution in [0.15, 0.2) is 27.8 Å². The summed E-state index contributed by atoms with van der Waals surface area (Å²) in [4.78, 5) is 33.0. The van der Waals surface area contributed by atoms with Gasteiger partial charge in [-0.3, -0.25) is 14.5 Å². The van der Waals surface area contributed by atoms with Crippen molar-refractivity contribution in [3.8, 4) is 11.5 Å². The van der Waals surface area contributed by atoms with Crippen molar-refractivity contribution in [3.05, 3.63) is 44.8 Å². The number of phenolic OH excluding ortho intramolecular Hbond substituents is 1. The predicted molar refractivity (Wildman–Crippen MR) is 110 cm³/mol. The predicted octanol–water partition coefficient (Wildman–Crippen LogP) is 3.93. The third-order valence-corrected chi connectivity index (χ3v) is 5.88. The molecule has 0 bridgehead atoms. The van der Waals surface area contributed by atoms with Crippen LogP contribution >= 0.6 is 27.7 Å². The summed E-state index contributed by atoms with van der Waals surface area (Å²) in [6, 6.07) is 1.38. The number of hydrogen-bond donors (Lipinski definition) is 2. The van der Waals surface area contributed by atoms with E-state index in [0.29, 0.717) is 11.5 Å². The molecule has 1 aromatic heterocycles. The lowest BCUT2D eigenvalue weighted by Gasteiger charge is -2.17. The Hall–Kier alpha value is -2.66. The van der Waals surface area contributed by atoms with Crippen molar-refractivity contribution in [1.29, 1.82) is 0 Å². The number of thioether (sulfide) groups is 1.